The quantitative estimate of drug-likeness (QED) is 0.848. The highest BCUT2D eigenvalue weighted by molar-refractivity contribution is 7.99. The van der Waals surface area contributed by atoms with E-state index in [0.29, 0.717) is 19.4 Å². The molecule has 0 aromatic carbocycles. The first-order valence-corrected chi connectivity index (χ1v) is 9.78. The van der Waals surface area contributed by atoms with Gasteiger partial charge < -0.3 is 9.84 Å². The second-order valence-corrected chi connectivity index (χ2v) is 9.63. The maximum absolute atomic E-state index is 12.5. The van der Waals surface area contributed by atoms with Crippen molar-refractivity contribution in [2.45, 2.75) is 55.1 Å². The van der Waals surface area contributed by atoms with Crippen molar-refractivity contribution in [2.24, 2.45) is 0 Å². The third-order valence-electron chi connectivity index (χ3n) is 4.34. The van der Waals surface area contributed by atoms with Gasteiger partial charge in [-0.3, -0.25) is 4.79 Å². The first kappa shape index (κ1) is 16.1. The first-order valence-electron chi connectivity index (χ1n) is 7.02. The maximum atomic E-state index is 12.5. The fraction of sp³-hybridized carbons (Fsp3) is 0.923. The number of carbonyl (C=O) groups is 1. The van der Waals surface area contributed by atoms with Crippen LogP contribution in [0.3, 0.4) is 0 Å². The van der Waals surface area contributed by atoms with Gasteiger partial charge in [-0.2, -0.15) is 11.8 Å². The maximum Gasteiger partial charge on any atom is 0.304 e. The number of carboxylic acid groups (broad SMARTS) is 1. The van der Waals surface area contributed by atoms with Crippen molar-refractivity contribution in [3.05, 3.63) is 0 Å². The SMILES string of the molecule is CC(CC(=O)O)S(=O)(=O)C1CCOC2(CCSCC2)C1. The predicted molar refractivity (Wildman–Crippen MR) is 78.9 cm³/mol. The van der Waals surface area contributed by atoms with E-state index < -0.39 is 26.3 Å². The molecule has 0 saturated carbocycles. The Morgan fingerprint density at radius 3 is 2.70 bits per heavy atom. The zero-order chi connectivity index (χ0) is 14.8. The monoisotopic (exact) mass is 322 g/mol. The van der Waals surface area contributed by atoms with Gasteiger partial charge in [-0.1, -0.05) is 0 Å². The average Bonchev–Trinajstić information content (AvgIpc) is 2.39. The highest BCUT2D eigenvalue weighted by Crippen LogP contribution is 2.40. The van der Waals surface area contributed by atoms with Gasteiger partial charge in [0.25, 0.3) is 0 Å². The molecule has 2 unspecified atom stereocenters. The number of rotatable bonds is 4. The van der Waals surface area contributed by atoms with Gasteiger partial charge in [0.15, 0.2) is 9.84 Å². The second kappa shape index (κ2) is 6.23. The van der Waals surface area contributed by atoms with Gasteiger partial charge in [-0.05, 0) is 44.1 Å². The summed E-state index contributed by atoms with van der Waals surface area (Å²) in [5.74, 6) is 0.964. The Balaban J connectivity index is 2.09. The van der Waals surface area contributed by atoms with Gasteiger partial charge in [0.1, 0.15) is 0 Å². The molecule has 2 saturated heterocycles. The Morgan fingerprint density at radius 2 is 2.10 bits per heavy atom. The van der Waals surface area contributed by atoms with Crippen LogP contribution in [0.1, 0.15) is 39.0 Å². The lowest BCUT2D eigenvalue weighted by Crippen LogP contribution is -2.48. The number of hydrogen-bond acceptors (Lipinski definition) is 5. The molecule has 0 aliphatic carbocycles. The van der Waals surface area contributed by atoms with Crippen molar-refractivity contribution in [3.8, 4) is 0 Å². The molecule has 2 heterocycles. The fourth-order valence-corrected chi connectivity index (χ4v) is 6.28. The molecule has 1 spiro atoms. The van der Waals surface area contributed by atoms with E-state index in [1.165, 1.54) is 6.92 Å². The number of aliphatic carboxylic acids is 1. The lowest BCUT2D eigenvalue weighted by Gasteiger charge is -2.43. The molecule has 2 rings (SSSR count). The highest BCUT2D eigenvalue weighted by Gasteiger charge is 2.44. The van der Waals surface area contributed by atoms with Crippen LogP contribution in [-0.2, 0) is 19.4 Å². The molecule has 0 bridgehead atoms. The number of thioether (sulfide) groups is 1. The molecule has 7 heteroatoms. The van der Waals surface area contributed by atoms with E-state index in [0.717, 1.165) is 24.3 Å². The Hall–Kier alpha value is -0.270. The van der Waals surface area contributed by atoms with Crippen LogP contribution < -0.4 is 0 Å². The molecular weight excluding hydrogens is 300 g/mol. The summed E-state index contributed by atoms with van der Waals surface area (Å²) in [6, 6.07) is 0. The van der Waals surface area contributed by atoms with Crippen molar-refractivity contribution in [1.29, 1.82) is 0 Å². The van der Waals surface area contributed by atoms with Crippen molar-refractivity contribution >= 4 is 27.6 Å². The van der Waals surface area contributed by atoms with Gasteiger partial charge in [-0.25, -0.2) is 8.42 Å². The first-order chi connectivity index (χ1) is 9.36. The Morgan fingerprint density at radius 1 is 1.45 bits per heavy atom. The molecule has 0 aromatic rings. The van der Waals surface area contributed by atoms with E-state index in [4.69, 9.17) is 9.84 Å². The average molecular weight is 322 g/mol. The van der Waals surface area contributed by atoms with Crippen LogP contribution in [0.15, 0.2) is 0 Å². The van der Waals surface area contributed by atoms with Crippen molar-refractivity contribution < 1.29 is 23.1 Å². The van der Waals surface area contributed by atoms with E-state index in [1.54, 1.807) is 0 Å². The minimum absolute atomic E-state index is 0.288. The van der Waals surface area contributed by atoms with Crippen LogP contribution in [0, 0.1) is 0 Å². The standard InChI is InChI=1S/C13H22O5S2/c1-10(8-12(14)15)20(16,17)11-2-5-18-13(9-11)3-6-19-7-4-13/h10-11H,2-9H2,1H3,(H,14,15). The van der Waals surface area contributed by atoms with Crippen LogP contribution in [0.5, 0.6) is 0 Å². The van der Waals surface area contributed by atoms with E-state index in [1.807, 2.05) is 11.8 Å². The molecule has 2 aliphatic heterocycles. The van der Waals surface area contributed by atoms with Gasteiger partial charge >= 0.3 is 5.97 Å². The van der Waals surface area contributed by atoms with Crippen LogP contribution >= 0.6 is 11.8 Å². The molecule has 2 atom stereocenters. The lowest BCUT2D eigenvalue weighted by molar-refractivity contribution is -0.136. The zero-order valence-corrected chi connectivity index (χ0v) is 13.3. The van der Waals surface area contributed by atoms with Gasteiger partial charge in [-0.15, -0.1) is 0 Å². The van der Waals surface area contributed by atoms with Crippen molar-refractivity contribution in [2.75, 3.05) is 18.1 Å². The second-order valence-electron chi connectivity index (χ2n) is 5.76. The molecule has 0 aromatic heterocycles. The molecule has 0 radical (unpaired) electrons. The molecule has 2 fully saturated rings. The number of ether oxygens (including phenoxy) is 1. The van der Waals surface area contributed by atoms with Crippen LogP contribution in [0.4, 0.5) is 0 Å². The molecule has 5 nitrogen and oxygen atoms in total. The largest absolute Gasteiger partial charge is 0.481 e. The summed E-state index contributed by atoms with van der Waals surface area (Å²) in [7, 11) is -3.40. The van der Waals surface area contributed by atoms with E-state index in [-0.39, 0.29) is 12.0 Å². The fourth-order valence-electron chi connectivity index (χ4n) is 3.05. The summed E-state index contributed by atoms with van der Waals surface area (Å²) in [6.07, 6.45) is 2.50. The summed E-state index contributed by atoms with van der Waals surface area (Å²) < 4.78 is 30.9. The molecular formula is C13H22O5S2. The molecule has 0 amide bonds. The lowest BCUT2D eigenvalue weighted by atomic mass is 9.88. The molecule has 1 N–H and O–H groups in total. The van der Waals surface area contributed by atoms with Crippen molar-refractivity contribution in [1.82, 2.24) is 0 Å². The number of sulfone groups is 1. The Kier molecular flexibility index (Phi) is 5.02. The predicted octanol–water partition coefficient (Wildman–Crippen LogP) is 1.71. The smallest absolute Gasteiger partial charge is 0.304 e. The third-order valence-corrected chi connectivity index (χ3v) is 7.94. The molecule has 116 valence electrons. The summed E-state index contributed by atoms with van der Waals surface area (Å²) in [5.41, 5.74) is -0.288. The van der Waals surface area contributed by atoms with Crippen LogP contribution in [0.2, 0.25) is 0 Å². The molecule has 2 aliphatic rings. The van der Waals surface area contributed by atoms with Crippen molar-refractivity contribution in [3.63, 3.8) is 0 Å². The van der Waals surface area contributed by atoms with Crippen LogP contribution in [0.25, 0.3) is 0 Å². The van der Waals surface area contributed by atoms with Gasteiger partial charge in [0.2, 0.25) is 0 Å². The minimum Gasteiger partial charge on any atom is -0.481 e. The Bertz CT molecular complexity index is 448. The van der Waals surface area contributed by atoms with E-state index in [2.05, 4.69) is 0 Å². The summed E-state index contributed by atoms with van der Waals surface area (Å²) >= 11 is 1.88. The summed E-state index contributed by atoms with van der Waals surface area (Å²) in [4.78, 5) is 10.7. The Labute approximate surface area is 124 Å². The molecule has 20 heavy (non-hydrogen) atoms. The third kappa shape index (κ3) is 3.49. The zero-order valence-electron chi connectivity index (χ0n) is 11.7. The highest BCUT2D eigenvalue weighted by atomic mass is 32.2. The van der Waals surface area contributed by atoms with E-state index in [9.17, 15) is 13.2 Å². The van der Waals surface area contributed by atoms with Gasteiger partial charge in [0, 0.05) is 6.61 Å². The van der Waals surface area contributed by atoms with Gasteiger partial charge in [0.05, 0.1) is 22.5 Å². The number of carboxylic acids is 1. The summed E-state index contributed by atoms with van der Waals surface area (Å²) in [5, 5.41) is 7.52. The minimum atomic E-state index is -3.40. The topological polar surface area (TPSA) is 80.7 Å². The number of hydrogen-bond donors (Lipinski definition) is 1. The van der Waals surface area contributed by atoms with E-state index >= 15 is 0 Å². The summed E-state index contributed by atoms with van der Waals surface area (Å²) in [6.45, 7) is 1.97. The van der Waals surface area contributed by atoms with Crippen LogP contribution in [-0.4, -0.2) is 53.7 Å². The normalized spacial score (nSPS) is 28.1.